The number of anilines is 1. The molecule has 2 N–H and O–H groups in total. The summed E-state index contributed by atoms with van der Waals surface area (Å²) >= 11 is 0. The van der Waals surface area contributed by atoms with Gasteiger partial charge in [0.15, 0.2) is 0 Å². The van der Waals surface area contributed by atoms with Crippen molar-refractivity contribution in [1.29, 1.82) is 0 Å². The van der Waals surface area contributed by atoms with E-state index in [0.29, 0.717) is 11.3 Å². The first kappa shape index (κ1) is 19.0. The number of rotatable bonds is 4. The summed E-state index contributed by atoms with van der Waals surface area (Å²) < 4.78 is 3.26. The fourth-order valence-electron chi connectivity index (χ4n) is 3.76. The van der Waals surface area contributed by atoms with Gasteiger partial charge in [-0.05, 0) is 51.0 Å². The van der Waals surface area contributed by atoms with E-state index in [2.05, 4.69) is 20.4 Å². The van der Waals surface area contributed by atoms with Crippen molar-refractivity contribution in [2.75, 3.05) is 5.32 Å². The van der Waals surface area contributed by atoms with Gasteiger partial charge < -0.3 is 5.32 Å². The van der Waals surface area contributed by atoms with Crippen molar-refractivity contribution in [3.63, 3.8) is 0 Å². The number of carbonyl (C=O) groups is 1. The lowest BCUT2D eigenvalue weighted by molar-refractivity contribution is 0.102. The number of carbonyl (C=O) groups excluding carboxylic acids is 1. The molecule has 3 heterocycles. The Hall–Kier alpha value is -4.01. The first-order valence-corrected chi connectivity index (χ1v) is 10.0. The lowest BCUT2D eigenvalue weighted by atomic mass is 10.2. The van der Waals surface area contributed by atoms with Crippen LogP contribution in [0.2, 0.25) is 0 Å². The third kappa shape index (κ3) is 3.33. The minimum atomic E-state index is -0.554. The predicted molar refractivity (Wildman–Crippen MR) is 116 cm³/mol. The first-order chi connectivity index (χ1) is 14.9. The van der Waals surface area contributed by atoms with E-state index in [-0.39, 0.29) is 17.0 Å². The van der Waals surface area contributed by atoms with E-state index >= 15 is 0 Å². The van der Waals surface area contributed by atoms with Gasteiger partial charge >= 0.3 is 5.69 Å². The van der Waals surface area contributed by atoms with Gasteiger partial charge in [-0.1, -0.05) is 12.1 Å². The molecule has 0 spiro atoms. The van der Waals surface area contributed by atoms with E-state index in [1.165, 1.54) is 16.8 Å². The number of aromatic amines is 1. The van der Waals surface area contributed by atoms with Crippen molar-refractivity contribution in [3.8, 4) is 5.69 Å². The average Bonchev–Trinajstić information content (AvgIpc) is 3.51. The largest absolute Gasteiger partial charge is 0.330 e. The lowest BCUT2D eigenvalue weighted by Gasteiger charge is -2.13. The van der Waals surface area contributed by atoms with E-state index in [4.69, 9.17) is 0 Å². The molecule has 0 radical (unpaired) electrons. The van der Waals surface area contributed by atoms with E-state index in [1.54, 1.807) is 10.7 Å². The minimum absolute atomic E-state index is 0.0478. The van der Waals surface area contributed by atoms with E-state index in [0.717, 1.165) is 29.9 Å². The van der Waals surface area contributed by atoms with Gasteiger partial charge in [0.1, 0.15) is 5.65 Å². The molecule has 1 aromatic carbocycles. The van der Waals surface area contributed by atoms with Crippen LogP contribution >= 0.6 is 0 Å². The Morgan fingerprint density at radius 3 is 2.65 bits per heavy atom. The summed E-state index contributed by atoms with van der Waals surface area (Å²) in [5, 5.41) is 7.59. The monoisotopic (exact) mass is 416 g/mol. The number of amides is 1. The van der Waals surface area contributed by atoms with Crippen LogP contribution in [-0.2, 0) is 0 Å². The standard InChI is InChI=1S/C22H20N6O3/c1-12-9-13(2)28(26-12)18-6-4-3-5-17(18)24-20(29)14-10-16-19(23-11-14)27(15-7-8-15)22(31)25-21(16)30/h3-6,9-11,15H,7-8H2,1-2H3,(H,24,29)(H,25,30,31). The van der Waals surface area contributed by atoms with Crippen molar-refractivity contribution < 1.29 is 4.79 Å². The van der Waals surface area contributed by atoms with Crippen molar-refractivity contribution in [2.45, 2.75) is 32.7 Å². The van der Waals surface area contributed by atoms with Crippen LogP contribution < -0.4 is 16.6 Å². The SMILES string of the molecule is Cc1cc(C)n(-c2ccccc2NC(=O)c2cnc3c(c2)c(=O)[nH]c(=O)n3C2CC2)n1. The zero-order valence-electron chi connectivity index (χ0n) is 17.0. The summed E-state index contributed by atoms with van der Waals surface area (Å²) in [6, 6.07) is 10.8. The molecule has 0 bridgehead atoms. The quantitative estimate of drug-likeness (QED) is 0.530. The molecule has 9 heteroatoms. The fourth-order valence-corrected chi connectivity index (χ4v) is 3.76. The summed E-state index contributed by atoms with van der Waals surface area (Å²) in [6.45, 7) is 3.85. The Morgan fingerprint density at radius 1 is 1.16 bits per heavy atom. The van der Waals surface area contributed by atoms with Crippen LogP contribution in [-0.4, -0.2) is 30.2 Å². The smallest absolute Gasteiger partial charge is 0.320 e. The van der Waals surface area contributed by atoms with E-state index < -0.39 is 17.2 Å². The second-order valence-corrected chi connectivity index (χ2v) is 7.77. The van der Waals surface area contributed by atoms with Crippen LogP contribution in [0.15, 0.2) is 52.2 Å². The van der Waals surface area contributed by atoms with Crippen LogP contribution in [0.25, 0.3) is 16.7 Å². The second-order valence-electron chi connectivity index (χ2n) is 7.77. The zero-order valence-corrected chi connectivity index (χ0v) is 17.0. The maximum atomic E-state index is 13.0. The highest BCUT2D eigenvalue weighted by Crippen LogP contribution is 2.34. The molecule has 31 heavy (non-hydrogen) atoms. The van der Waals surface area contributed by atoms with Crippen LogP contribution in [0.1, 0.15) is 40.6 Å². The summed E-state index contributed by atoms with van der Waals surface area (Å²) in [7, 11) is 0. The number of para-hydroxylation sites is 2. The molecule has 0 atom stereocenters. The van der Waals surface area contributed by atoms with Crippen LogP contribution in [0.5, 0.6) is 0 Å². The number of benzene rings is 1. The van der Waals surface area contributed by atoms with Gasteiger partial charge in [-0.15, -0.1) is 0 Å². The number of nitrogens with zero attached hydrogens (tertiary/aromatic N) is 4. The van der Waals surface area contributed by atoms with Gasteiger partial charge in [0.25, 0.3) is 11.5 Å². The molecule has 0 aliphatic heterocycles. The zero-order chi connectivity index (χ0) is 21.7. The molecule has 1 aliphatic rings. The maximum absolute atomic E-state index is 13.0. The first-order valence-electron chi connectivity index (χ1n) is 10.0. The molecule has 4 aromatic rings. The number of pyridine rings is 1. The lowest BCUT2D eigenvalue weighted by Crippen LogP contribution is -2.30. The Bertz CT molecular complexity index is 1460. The highest BCUT2D eigenvalue weighted by atomic mass is 16.2. The molecule has 1 amide bonds. The van der Waals surface area contributed by atoms with Gasteiger partial charge in [-0.25, -0.2) is 14.5 Å². The van der Waals surface area contributed by atoms with Crippen LogP contribution in [0.4, 0.5) is 5.69 Å². The number of fused-ring (bicyclic) bond motifs is 1. The number of hydrogen-bond acceptors (Lipinski definition) is 5. The van der Waals surface area contributed by atoms with Gasteiger partial charge in [0.05, 0.1) is 28.0 Å². The van der Waals surface area contributed by atoms with E-state index in [9.17, 15) is 14.4 Å². The van der Waals surface area contributed by atoms with Crippen molar-refractivity contribution in [1.82, 2.24) is 24.3 Å². The Morgan fingerprint density at radius 2 is 1.94 bits per heavy atom. The molecule has 5 rings (SSSR count). The Balaban J connectivity index is 1.53. The number of H-pyrrole nitrogens is 1. The third-order valence-electron chi connectivity index (χ3n) is 5.34. The second kappa shape index (κ2) is 7.05. The van der Waals surface area contributed by atoms with Gasteiger partial charge in [0.2, 0.25) is 0 Å². The van der Waals surface area contributed by atoms with Gasteiger partial charge in [-0.2, -0.15) is 5.10 Å². The molecule has 0 unspecified atom stereocenters. The molecule has 156 valence electrons. The predicted octanol–water partition coefficient (Wildman–Crippen LogP) is 2.47. The number of hydrogen-bond donors (Lipinski definition) is 2. The molecule has 1 aliphatic carbocycles. The summed E-state index contributed by atoms with van der Waals surface area (Å²) in [5.74, 6) is -0.410. The summed E-state index contributed by atoms with van der Waals surface area (Å²) in [5.41, 5.74) is 2.63. The number of aryl methyl sites for hydroxylation is 2. The molecule has 9 nitrogen and oxygen atoms in total. The Kier molecular flexibility index (Phi) is 4.32. The van der Waals surface area contributed by atoms with Crippen molar-refractivity contribution in [2.24, 2.45) is 0 Å². The highest BCUT2D eigenvalue weighted by molar-refractivity contribution is 6.06. The molecule has 1 fully saturated rings. The minimum Gasteiger partial charge on any atom is -0.320 e. The Labute approximate surface area is 176 Å². The normalized spacial score (nSPS) is 13.5. The van der Waals surface area contributed by atoms with Crippen molar-refractivity contribution >= 4 is 22.6 Å². The van der Waals surface area contributed by atoms with E-state index in [1.807, 2.05) is 38.1 Å². The molecular weight excluding hydrogens is 396 g/mol. The number of nitrogens with one attached hydrogen (secondary N) is 2. The molecular formula is C22H20N6O3. The van der Waals surface area contributed by atoms with Gasteiger partial charge in [-0.3, -0.25) is 19.1 Å². The summed E-state index contributed by atoms with van der Waals surface area (Å²) in [4.78, 5) is 44.1. The summed E-state index contributed by atoms with van der Waals surface area (Å²) in [6.07, 6.45) is 3.13. The average molecular weight is 416 g/mol. The van der Waals surface area contributed by atoms with Crippen LogP contribution in [0, 0.1) is 13.8 Å². The maximum Gasteiger partial charge on any atom is 0.330 e. The molecule has 0 saturated heterocycles. The highest BCUT2D eigenvalue weighted by Gasteiger charge is 2.28. The topological polar surface area (TPSA) is 115 Å². The molecule has 1 saturated carbocycles. The van der Waals surface area contributed by atoms with Crippen molar-refractivity contribution in [3.05, 3.63) is 80.4 Å². The fraction of sp³-hybridized carbons (Fsp3) is 0.227. The third-order valence-corrected chi connectivity index (χ3v) is 5.34. The van der Waals surface area contributed by atoms with Crippen LogP contribution in [0.3, 0.4) is 0 Å². The molecule has 3 aromatic heterocycles. The van der Waals surface area contributed by atoms with Gasteiger partial charge in [0, 0.05) is 17.9 Å². The number of aromatic nitrogens is 5.